The number of benzene rings is 2. The van der Waals surface area contributed by atoms with Gasteiger partial charge in [0, 0.05) is 11.1 Å². The Morgan fingerprint density at radius 3 is 1.83 bits per heavy atom. The van der Waals surface area contributed by atoms with Crippen LogP contribution in [0.15, 0.2) is 103 Å². The minimum absolute atomic E-state index is 0.583. The van der Waals surface area contributed by atoms with Crippen molar-refractivity contribution in [2.24, 2.45) is 0 Å². The molecule has 118 valence electrons. The average molecular weight is 314 g/mol. The summed E-state index contributed by atoms with van der Waals surface area (Å²) in [5.74, 6) is 2.17. The summed E-state index contributed by atoms with van der Waals surface area (Å²) in [7, 11) is 1.60. The molecule has 0 N–H and O–H groups in total. The van der Waals surface area contributed by atoms with Crippen molar-refractivity contribution in [2.75, 3.05) is 7.11 Å². The molecule has 0 amide bonds. The number of hydrogen-bond acceptors (Lipinski definition) is 2. The lowest BCUT2D eigenvalue weighted by Crippen LogP contribution is -2.00. The quantitative estimate of drug-likeness (QED) is 0.560. The SMILES string of the molecule is C=C=C(C=C1C=C(c2ccccc2)OC(c2ccccc2)=C1)OC. The number of methoxy groups -OCH3 is 1. The standard InChI is InChI=1S/C22H18O2/c1-3-20(23-2)14-17-15-21(18-10-6-4-7-11-18)24-22(16-17)19-12-8-5-9-13-19/h4-16H,1H2,2H3. The molecule has 0 unspecified atom stereocenters. The number of allylic oxidation sites excluding steroid dienone is 4. The van der Waals surface area contributed by atoms with Gasteiger partial charge in [0.15, 0.2) is 5.76 Å². The molecule has 3 rings (SSSR count). The molecule has 2 nitrogen and oxygen atoms in total. The van der Waals surface area contributed by atoms with Gasteiger partial charge in [-0.15, -0.1) is 0 Å². The van der Waals surface area contributed by atoms with Gasteiger partial charge in [-0.1, -0.05) is 73.0 Å². The maximum Gasteiger partial charge on any atom is 0.161 e. The Labute approximate surface area is 142 Å². The molecule has 0 radical (unpaired) electrons. The second-order valence-electron chi connectivity index (χ2n) is 5.24. The second kappa shape index (κ2) is 7.36. The van der Waals surface area contributed by atoms with Crippen LogP contribution in [0, 0.1) is 0 Å². The smallest absolute Gasteiger partial charge is 0.161 e. The molecule has 0 aliphatic carbocycles. The van der Waals surface area contributed by atoms with Crippen LogP contribution in [-0.4, -0.2) is 7.11 Å². The lowest BCUT2D eigenvalue weighted by atomic mass is 10.0. The molecule has 0 atom stereocenters. The summed E-state index contributed by atoms with van der Waals surface area (Å²) in [6, 6.07) is 20.1. The van der Waals surface area contributed by atoms with Crippen LogP contribution in [0.25, 0.3) is 11.5 Å². The van der Waals surface area contributed by atoms with Gasteiger partial charge < -0.3 is 9.47 Å². The lowest BCUT2D eigenvalue weighted by Gasteiger charge is -2.19. The van der Waals surface area contributed by atoms with Crippen LogP contribution in [0.2, 0.25) is 0 Å². The van der Waals surface area contributed by atoms with Gasteiger partial charge in [0.05, 0.1) is 7.11 Å². The van der Waals surface area contributed by atoms with Crippen molar-refractivity contribution >= 4 is 11.5 Å². The molecule has 0 aromatic heterocycles. The fourth-order valence-corrected chi connectivity index (χ4v) is 2.43. The first-order valence-electron chi connectivity index (χ1n) is 7.68. The molecule has 2 heteroatoms. The fraction of sp³-hybridized carbons (Fsp3) is 0.0455. The normalized spacial score (nSPS) is 13.1. The molecule has 1 aliphatic rings. The first-order chi connectivity index (χ1) is 11.8. The maximum atomic E-state index is 6.13. The zero-order chi connectivity index (χ0) is 16.8. The molecular weight excluding hydrogens is 296 g/mol. The highest BCUT2D eigenvalue weighted by Gasteiger charge is 2.15. The third-order valence-electron chi connectivity index (χ3n) is 3.62. The van der Waals surface area contributed by atoms with Crippen molar-refractivity contribution in [1.29, 1.82) is 0 Å². The molecule has 0 saturated heterocycles. The van der Waals surface area contributed by atoms with Crippen LogP contribution in [0.1, 0.15) is 11.1 Å². The Balaban J connectivity index is 2.06. The molecular formula is C22H18O2. The van der Waals surface area contributed by atoms with Crippen molar-refractivity contribution in [3.63, 3.8) is 0 Å². The first kappa shape index (κ1) is 15.7. The molecule has 1 aliphatic heterocycles. The van der Waals surface area contributed by atoms with Gasteiger partial charge in [-0.3, -0.25) is 0 Å². The summed E-state index contributed by atoms with van der Waals surface area (Å²) in [6.07, 6.45) is 5.86. The first-order valence-corrected chi connectivity index (χ1v) is 7.68. The summed E-state index contributed by atoms with van der Waals surface area (Å²) in [5.41, 5.74) is 5.78. The molecule has 2 aromatic carbocycles. The monoisotopic (exact) mass is 314 g/mol. The summed E-state index contributed by atoms with van der Waals surface area (Å²) in [4.78, 5) is 0. The van der Waals surface area contributed by atoms with E-state index in [1.54, 1.807) is 7.11 Å². The van der Waals surface area contributed by atoms with Gasteiger partial charge in [-0.25, -0.2) is 0 Å². The molecule has 2 aromatic rings. The summed E-state index contributed by atoms with van der Waals surface area (Å²) >= 11 is 0. The Kier molecular flexibility index (Phi) is 4.81. The van der Waals surface area contributed by atoms with Crippen molar-refractivity contribution in [1.82, 2.24) is 0 Å². The molecule has 24 heavy (non-hydrogen) atoms. The summed E-state index contributed by atoms with van der Waals surface area (Å²) in [5, 5.41) is 0. The van der Waals surface area contributed by atoms with E-state index in [0.717, 1.165) is 28.2 Å². The van der Waals surface area contributed by atoms with Crippen molar-refractivity contribution in [2.45, 2.75) is 0 Å². The lowest BCUT2D eigenvalue weighted by molar-refractivity contribution is 0.307. The Hall–Kier alpha value is -3.22. The van der Waals surface area contributed by atoms with E-state index in [1.807, 2.05) is 78.9 Å². The highest BCUT2D eigenvalue weighted by atomic mass is 16.5. The average Bonchev–Trinajstić information content (AvgIpc) is 2.67. The topological polar surface area (TPSA) is 18.5 Å². The molecule has 0 bridgehead atoms. The van der Waals surface area contributed by atoms with E-state index in [4.69, 9.17) is 9.47 Å². The highest BCUT2D eigenvalue weighted by Crippen LogP contribution is 2.32. The van der Waals surface area contributed by atoms with Crippen LogP contribution < -0.4 is 0 Å². The van der Waals surface area contributed by atoms with E-state index < -0.39 is 0 Å². The van der Waals surface area contributed by atoms with Gasteiger partial charge in [0.2, 0.25) is 0 Å². The highest BCUT2D eigenvalue weighted by molar-refractivity contribution is 5.77. The zero-order valence-corrected chi connectivity index (χ0v) is 13.5. The van der Waals surface area contributed by atoms with E-state index in [-0.39, 0.29) is 0 Å². The van der Waals surface area contributed by atoms with Crippen LogP contribution in [0.3, 0.4) is 0 Å². The van der Waals surface area contributed by atoms with E-state index in [0.29, 0.717) is 5.76 Å². The predicted octanol–water partition coefficient (Wildman–Crippen LogP) is 5.34. The van der Waals surface area contributed by atoms with E-state index >= 15 is 0 Å². The number of hydrogen-bond donors (Lipinski definition) is 0. The van der Waals surface area contributed by atoms with Crippen LogP contribution in [0.4, 0.5) is 0 Å². The molecule has 0 fully saturated rings. The van der Waals surface area contributed by atoms with Crippen LogP contribution in [0.5, 0.6) is 0 Å². The number of ether oxygens (including phenoxy) is 2. The second-order valence-corrected chi connectivity index (χ2v) is 5.24. The van der Waals surface area contributed by atoms with Crippen molar-refractivity contribution < 1.29 is 9.47 Å². The third-order valence-corrected chi connectivity index (χ3v) is 3.62. The summed E-state index contributed by atoms with van der Waals surface area (Å²) < 4.78 is 11.4. The number of rotatable bonds is 4. The minimum Gasteiger partial charge on any atom is -0.489 e. The molecule has 0 spiro atoms. The predicted molar refractivity (Wildman–Crippen MR) is 97.7 cm³/mol. The third kappa shape index (κ3) is 3.57. The van der Waals surface area contributed by atoms with Crippen molar-refractivity contribution in [3.8, 4) is 0 Å². The minimum atomic E-state index is 0.583. The Bertz CT molecular complexity index is 792. The van der Waals surface area contributed by atoms with Crippen molar-refractivity contribution in [3.05, 3.63) is 114 Å². The van der Waals surface area contributed by atoms with E-state index in [9.17, 15) is 0 Å². The molecule has 0 saturated carbocycles. The van der Waals surface area contributed by atoms with Gasteiger partial charge in [-0.2, -0.15) is 0 Å². The maximum absolute atomic E-state index is 6.13. The Morgan fingerprint density at radius 1 is 0.917 bits per heavy atom. The Morgan fingerprint density at radius 2 is 1.42 bits per heavy atom. The van der Waals surface area contributed by atoms with E-state index in [1.165, 1.54) is 0 Å². The van der Waals surface area contributed by atoms with Gasteiger partial charge >= 0.3 is 0 Å². The van der Waals surface area contributed by atoms with E-state index in [2.05, 4.69) is 12.3 Å². The van der Waals surface area contributed by atoms with Gasteiger partial charge in [-0.05, 0) is 23.8 Å². The van der Waals surface area contributed by atoms with Crippen LogP contribution in [-0.2, 0) is 9.47 Å². The van der Waals surface area contributed by atoms with Gasteiger partial charge in [0.25, 0.3) is 0 Å². The molecule has 1 heterocycles. The zero-order valence-electron chi connectivity index (χ0n) is 13.5. The van der Waals surface area contributed by atoms with Gasteiger partial charge in [0.1, 0.15) is 11.5 Å². The fourth-order valence-electron chi connectivity index (χ4n) is 2.43. The largest absolute Gasteiger partial charge is 0.489 e. The summed E-state index contributed by atoms with van der Waals surface area (Å²) in [6.45, 7) is 3.65. The van der Waals surface area contributed by atoms with Crippen LogP contribution >= 0.6 is 0 Å².